The van der Waals surface area contributed by atoms with E-state index in [1.807, 2.05) is 38.1 Å². The Hall–Kier alpha value is -1.55. The standard InChI is InChI=1S/C16H26N2O2/c1-12(2)9-10-17-11-16(19)18-14-7-5-6-8-15(14)20-13(3)4/h5-8,12-13,17H,9-11H2,1-4H3,(H,18,19). The summed E-state index contributed by atoms with van der Waals surface area (Å²) in [5.41, 5.74) is 0.719. The summed E-state index contributed by atoms with van der Waals surface area (Å²) in [6, 6.07) is 7.49. The summed E-state index contributed by atoms with van der Waals surface area (Å²) in [6.45, 7) is 9.44. The number of ether oxygens (including phenoxy) is 1. The van der Waals surface area contributed by atoms with Crippen molar-refractivity contribution in [2.45, 2.75) is 40.2 Å². The Kier molecular flexibility index (Phi) is 7.09. The van der Waals surface area contributed by atoms with Gasteiger partial charge in [0.05, 0.1) is 18.3 Å². The summed E-state index contributed by atoms with van der Waals surface area (Å²) >= 11 is 0. The lowest BCUT2D eigenvalue weighted by Gasteiger charge is -2.15. The van der Waals surface area contributed by atoms with Gasteiger partial charge in [0.15, 0.2) is 0 Å². The van der Waals surface area contributed by atoms with E-state index in [1.165, 1.54) is 0 Å². The van der Waals surface area contributed by atoms with Crippen LogP contribution in [0.3, 0.4) is 0 Å². The number of anilines is 1. The fourth-order valence-corrected chi connectivity index (χ4v) is 1.71. The highest BCUT2D eigenvalue weighted by molar-refractivity contribution is 5.93. The molecule has 0 heterocycles. The maximum Gasteiger partial charge on any atom is 0.238 e. The van der Waals surface area contributed by atoms with Gasteiger partial charge in [-0.05, 0) is 44.9 Å². The lowest BCUT2D eigenvalue weighted by Crippen LogP contribution is -2.29. The van der Waals surface area contributed by atoms with Gasteiger partial charge in [0.25, 0.3) is 0 Å². The minimum atomic E-state index is -0.0476. The van der Waals surface area contributed by atoms with E-state index in [0.717, 1.165) is 18.7 Å². The van der Waals surface area contributed by atoms with Gasteiger partial charge in [-0.25, -0.2) is 0 Å². The third-order valence-corrected chi connectivity index (χ3v) is 2.71. The SMILES string of the molecule is CC(C)CCNCC(=O)Nc1ccccc1OC(C)C. The van der Waals surface area contributed by atoms with E-state index in [0.29, 0.717) is 18.2 Å². The Morgan fingerprint density at radius 1 is 1.20 bits per heavy atom. The van der Waals surface area contributed by atoms with Crippen LogP contribution in [0.15, 0.2) is 24.3 Å². The van der Waals surface area contributed by atoms with Crippen LogP contribution in [0.2, 0.25) is 0 Å². The van der Waals surface area contributed by atoms with Gasteiger partial charge in [-0.2, -0.15) is 0 Å². The first-order chi connectivity index (χ1) is 9.49. The smallest absolute Gasteiger partial charge is 0.238 e. The van der Waals surface area contributed by atoms with Gasteiger partial charge in [-0.1, -0.05) is 26.0 Å². The van der Waals surface area contributed by atoms with E-state index in [-0.39, 0.29) is 12.0 Å². The zero-order chi connectivity index (χ0) is 15.0. The van der Waals surface area contributed by atoms with Gasteiger partial charge >= 0.3 is 0 Å². The van der Waals surface area contributed by atoms with Crippen molar-refractivity contribution in [2.24, 2.45) is 5.92 Å². The largest absolute Gasteiger partial charge is 0.489 e. The molecule has 0 aliphatic heterocycles. The van der Waals surface area contributed by atoms with Crippen molar-refractivity contribution in [1.82, 2.24) is 5.32 Å². The van der Waals surface area contributed by atoms with E-state index in [2.05, 4.69) is 24.5 Å². The molecular formula is C16H26N2O2. The van der Waals surface area contributed by atoms with Crippen LogP contribution in [0.1, 0.15) is 34.1 Å². The predicted molar refractivity (Wildman–Crippen MR) is 83.2 cm³/mol. The van der Waals surface area contributed by atoms with Crippen LogP contribution in [0.25, 0.3) is 0 Å². The lowest BCUT2D eigenvalue weighted by molar-refractivity contribution is -0.115. The lowest BCUT2D eigenvalue weighted by atomic mass is 10.1. The number of carbonyl (C=O) groups is 1. The molecule has 0 aliphatic carbocycles. The van der Waals surface area contributed by atoms with E-state index in [9.17, 15) is 4.79 Å². The molecule has 1 aromatic carbocycles. The molecule has 1 aromatic rings. The van der Waals surface area contributed by atoms with E-state index < -0.39 is 0 Å². The molecule has 4 nitrogen and oxygen atoms in total. The quantitative estimate of drug-likeness (QED) is 0.719. The molecule has 0 atom stereocenters. The van der Waals surface area contributed by atoms with Crippen molar-refractivity contribution in [3.63, 3.8) is 0 Å². The second-order valence-corrected chi connectivity index (χ2v) is 5.57. The summed E-state index contributed by atoms with van der Waals surface area (Å²) < 4.78 is 5.67. The molecule has 0 unspecified atom stereocenters. The van der Waals surface area contributed by atoms with Gasteiger partial charge in [0.2, 0.25) is 5.91 Å². The topological polar surface area (TPSA) is 50.4 Å². The van der Waals surface area contributed by atoms with E-state index in [4.69, 9.17) is 4.74 Å². The Bertz CT molecular complexity index is 417. The molecule has 2 N–H and O–H groups in total. The highest BCUT2D eigenvalue weighted by Gasteiger charge is 2.08. The average Bonchev–Trinajstić information content (AvgIpc) is 2.36. The van der Waals surface area contributed by atoms with E-state index >= 15 is 0 Å². The van der Waals surface area contributed by atoms with Crippen LogP contribution in [-0.4, -0.2) is 25.1 Å². The Morgan fingerprint density at radius 2 is 1.90 bits per heavy atom. The van der Waals surface area contributed by atoms with Crippen LogP contribution in [0, 0.1) is 5.92 Å². The predicted octanol–water partition coefficient (Wildman–Crippen LogP) is 3.05. The van der Waals surface area contributed by atoms with Gasteiger partial charge in [0.1, 0.15) is 5.75 Å². The van der Waals surface area contributed by atoms with Crippen molar-refractivity contribution >= 4 is 11.6 Å². The molecule has 1 amide bonds. The minimum absolute atomic E-state index is 0.0476. The van der Waals surface area contributed by atoms with Crippen molar-refractivity contribution < 1.29 is 9.53 Å². The third-order valence-electron chi connectivity index (χ3n) is 2.71. The monoisotopic (exact) mass is 278 g/mol. The Labute approximate surface area is 121 Å². The molecule has 0 bridgehead atoms. The zero-order valence-electron chi connectivity index (χ0n) is 12.9. The molecule has 0 radical (unpaired) electrons. The van der Waals surface area contributed by atoms with Gasteiger partial charge in [-0.15, -0.1) is 0 Å². The summed E-state index contributed by atoms with van der Waals surface area (Å²) in [5.74, 6) is 1.30. The molecule has 0 saturated heterocycles. The number of para-hydroxylation sites is 2. The second kappa shape index (κ2) is 8.59. The average molecular weight is 278 g/mol. The number of carbonyl (C=O) groups excluding carboxylic acids is 1. The van der Waals surface area contributed by atoms with Crippen LogP contribution in [0.4, 0.5) is 5.69 Å². The third kappa shape index (κ3) is 6.57. The molecule has 20 heavy (non-hydrogen) atoms. The van der Waals surface area contributed by atoms with Crippen LogP contribution >= 0.6 is 0 Å². The highest BCUT2D eigenvalue weighted by atomic mass is 16.5. The number of nitrogens with one attached hydrogen (secondary N) is 2. The molecule has 0 fully saturated rings. The van der Waals surface area contributed by atoms with E-state index in [1.54, 1.807) is 0 Å². The number of hydrogen-bond donors (Lipinski definition) is 2. The highest BCUT2D eigenvalue weighted by Crippen LogP contribution is 2.24. The molecule has 112 valence electrons. The molecule has 0 aliphatic rings. The normalized spacial score (nSPS) is 10.9. The fraction of sp³-hybridized carbons (Fsp3) is 0.562. The fourth-order valence-electron chi connectivity index (χ4n) is 1.71. The first kappa shape index (κ1) is 16.5. The van der Waals surface area contributed by atoms with Gasteiger partial charge in [-0.3, -0.25) is 4.79 Å². The molecule has 4 heteroatoms. The number of amides is 1. The number of hydrogen-bond acceptors (Lipinski definition) is 3. The minimum Gasteiger partial charge on any atom is -0.489 e. The Morgan fingerprint density at radius 3 is 2.55 bits per heavy atom. The maximum absolute atomic E-state index is 11.9. The van der Waals surface area contributed by atoms with Crippen molar-refractivity contribution in [3.05, 3.63) is 24.3 Å². The molecule has 0 spiro atoms. The Balaban J connectivity index is 2.45. The van der Waals surface area contributed by atoms with Gasteiger partial charge < -0.3 is 15.4 Å². The van der Waals surface area contributed by atoms with Crippen molar-refractivity contribution in [3.8, 4) is 5.75 Å². The molecule has 1 rings (SSSR count). The van der Waals surface area contributed by atoms with Crippen LogP contribution < -0.4 is 15.4 Å². The van der Waals surface area contributed by atoms with Crippen LogP contribution in [0.5, 0.6) is 5.75 Å². The second-order valence-electron chi connectivity index (χ2n) is 5.57. The zero-order valence-corrected chi connectivity index (χ0v) is 12.9. The summed E-state index contributed by atoms with van der Waals surface area (Å²) in [4.78, 5) is 11.9. The summed E-state index contributed by atoms with van der Waals surface area (Å²) in [6.07, 6.45) is 1.15. The summed E-state index contributed by atoms with van der Waals surface area (Å²) in [7, 11) is 0. The van der Waals surface area contributed by atoms with Crippen LogP contribution in [-0.2, 0) is 4.79 Å². The number of benzene rings is 1. The molecular weight excluding hydrogens is 252 g/mol. The first-order valence-corrected chi connectivity index (χ1v) is 7.25. The number of rotatable bonds is 8. The summed E-state index contributed by atoms with van der Waals surface area (Å²) in [5, 5.41) is 6.02. The maximum atomic E-state index is 11.9. The van der Waals surface area contributed by atoms with Gasteiger partial charge in [0, 0.05) is 0 Å². The van der Waals surface area contributed by atoms with Crippen molar-refractivity contribution in [1.29, 1.82) is 0 Å². The first-order valence-electron chi connectivity index (χ1n) is 7.25. The molecule has 0 saturated carbocycles. The molecule has 0 aromatic heterocycles. The van der Waals surface area contributed by atoms with Crippen molar-refractivity contribution in [2.75, 3.05) is 18.4 Å².